The molecule has 0 saturated carbocycles. The number of rotatable bonds is 4. The number of carboxylic acids is 1. The van der Waals surface area contributed by atoms with Crippen LogP contribution in [0.2, 0.25) is 0 Å². The van der Waals surface area contributed by atoms with Gasteiger partial charge in [-0.05, 0) is 31.4 Å². The molecule has 0 aromatic heterocycles. The molecule has 1 atom stereocenters. The molecule has 1 heterocycles. The first-order valence-electron chi connectivity index (χ1n) is 6.65. The molecule has 1 unspecified atom stereocenters. The van der Waals surface area contributed by atoms with Crippen LogP contribution in [0.1, 0.15) is 29.6 Å². The largest absolute Gasteiger partial charge is 0.478 e. The summed E-state index contributed by atoms with van der Waals surface area (Å²) in [6.07, 6.45) is 3.15. The van der Waals surface area contributed by atoms with Gasteiger partial charge in [0.05, 0.1) is 17.4 Å². The lowest BCUT2D eigenvalue weighted by Gasteiger charge is -2.22. The van der Waals surface area contributed by atoms with Crippen LogP contribution in [0.5, 0.6) is 0 Å². The van der Waals surface area contributed by atoms with Gasteiger partial charge in [0, 0.05) is 13.2 Å². The van der Waals surface area contributed by atoms with Crippen molar-refractivity contribution in [2.75, 3.05) is 18.5 Å². The number of nitrogens with one attached hydrogen (secondary N) is 2. The zero-order chi connectivity index (χ0) is 14.4. The predicted octanol–water partition coefficient (Wildman–Crippen LogP) is 2.08. The van der Waals surface area contributed by atoms with Crippen LogP contribution in [0.15, 0.2) is 24.3 Å². The van der Waals surface area contributed by atoms with Gasteiger partial charge < -0.3 is 20.5 Å². The average Bonchev–Trinajstić information content (AvgIpc) is 2.46. The van der Waals surface area contributed by atoms with Gasteiger partial charge in [0.25, 0.3) is 0 Å². The molecule has 0 bridgehead atoms. The summed E-state index contributed by atoms with van der Waals surface area (Å²) in [5.74, 6) is -1.07. The second-order valence-electron chi connectivity index (χ2n) is 4.67. The molecule has 0 spiro atoms. The van der Waals surface area contributed by atoms with Crippen LogP contribution < -0.4 is 10.6 Å². The second kappa shape index (κ2) is 6.91. The molecule has 0 radical (unpaired) electrons. The van der Waals surface area contributed by atoms with Gasteiger partial charge in [-0.15, -0.1) is 0 Å². The molecule has 20 heavy (non-hydrogen) atoms. The van der Waals surface area contributed by atoms with Crippen LogP contribution in [0.4, 0.5) is 10.5 Å². The summed E-state index contributed by atoms with van der Waals surface area (Å²) in [5.41, 5.74) is 0.346. The number of anilines is 1. The molecule has 6 nitrogen and oxygen atoms in total. The highest BCUT2D eigenvalue weighted by Crippen LogP contribution is 2.15. The first kappa shape index (κ1) is 14.3. The molecule has 1 fully saturated rings. The van der Waals surface area contributed by atoms with Crippen molar-refractivity contribution in [1.29, 1.82) is 0 Å². The standard InChI is InChI=1S/C14H18N2O4/c17-13(18)11-6-1-2-7-12(11)16-14(19)15-9-10-5-3-4-8-20-10/h1-2,6-7,10H,3-5,8-9H2,(H,17,18)(H2,15,16,19). The Morgan fingerprint density at radius 1 is 1.30 bits per heavy atom. The monoisotopic (exact) mass is 278 g/mol. The van der Waals surface area contributed by atoms with Gasteiger partial charge in [0.15, 0.2) is 0 Å². The fourth-order valence-electron chi connectivity index (χ4n) is 2.12. The predicted molar refractivity (Wildman–Crippen MR) is 74.0 cm³/mol. The summed E-state index contributed by atoms with van der Waals surface area (Å²) in [6, 6.07) is 5.87. The first-order valence-corrected chi connectivity index (χ1v) is 6.65. The fraction of sp³-hybridized carbons (Fsp3) is 0.429. The molecule has 1 aliphatic rings. The maximum absolute atomic E-state index is 11.8. The summed E-state index contributed by atoms with van der Waals surface area (Å²) in [6.45, 7) is 1.16. The Hall–Kier alpha value is -2.08. The number of carbonyl (C=O) groups is 2. The molecule has 0 aliphatic carbocycles. The summed E-state index contributed by atoms with van der Waals surface area (Å²) in [7, 11) is 0. The van der Waals surface area contributed by atoms with E-state index in [2.05, 4.69) is 10.6 Å². The highest BCUT2D eigenvalue weighted by molar-refractivity contribution is 5.99. The van der Waals surface area contributed by atoms with E-state index in [0.717, 1.165) is 25.9 Å². The number of carboxylic acid groups (broad SMARTS) is 1. The molecule has 1 aliphatic heterocycles. The molecule has 108 valence electrons. The summed E-state index contributed by atoms with van der Waals surface area (Å²) in [4.78, 5) is 22.8. The summed E-state index contributed by atoms with van der Waals surface area (Å²) in [5, 5.41) is 14.3. The quantitative estimate of drug-likeness (QED) is 0.786. The normalized spacial score (nSPS) is 18.3. The fourth-order valence-corrected chi connectivity index (χ4v) is 2.12. The summed E-state index contributed by atoms with van der Waals surface area (Å²) >= 11 is 0. The van der Waals surface area contributed by atoms with E-state index in [1.165, 1.54) is 6.07 Å². The van der Waals surface area contributed by atoms with E-state index >= 15 is 0 Å². The number of para-hydroxylation sites is 1. The number of benzene rings is 1. The van der Waals surface area contributed by atoms with Crippen LogP contribution in [0, 0.1) is 0 Å². The average molecular weight is 278 g/mol. The first-order chi connectivity index (χ1) is 9.66. The van der Waals surface area contributed by atoms with Crippen LogP contribution in [-0.4, -0.2) is 36.4 Å². The molecular formula is C14H18N2O4. The lowest BCUT2D eigenvalue weighted by molar-refractivity contribution is 0.0187. The Balaban J connectivity index is 1.86. The molecule has 1 aromatic carbocycles. The van der Waals surface area contributed by atoms with Crippen LogP contribution in [0.3, 0.4) is 0 Å². The van der Waals surface area contributed by atoms with Gasteiger partial charge in [-0.25, -0.2) is 9.59 Å². The van der Waals surface area contributed by atoms with E-state index in [4.69, 9.17) is 9.84 Å². The topological polar surface area (TPSA) is 87.7 Å². The zero-order valence-electron chi connectivity index (χ0n) is 11.1. The Morgan fingerprint density at radius 2 is 2.10 bits per heavy atom. The maximum atomic E-state index is 11.8. The number of ether oxygens (including phenoxy) is 1. The van der Waals surface area contributed by atoms with Crippen molar-refractivity contribution in [2.45, 2.75) is 25.4 Å². The number of urea groups is 1. The number of hydrogen-bond acceptors (Lipinski definition) is 3. The van der Waals surface area contributed by atoms with E-state index in [1.54, 1.807) is 18.2 Å². The van der Waals surface area contributed by atoms with Gasteiger partial charge >= 0.3 is 12.0 Å². The Morgan fingerprint density at radius 3 is 2.80 bits per heavy atom. The Bertz CT molecular complexity index is 484. The number of hydrogen-bond donors (Lipinski definition) is 3. The van der Waals surface area contributed by atoms with Crippen molar-refractivity contribution < 1.29 is 19.4 Å². The molecule has 1 saturated heterocycles. The highest BCUT2D eigenvalue weighted by Gasteiger charge is 2.16. The number of carbonyl (C=O) groups excluding carboxylic acids is 1. The van der Waals surface area contributed by atoms with Crippen LogP contribution in [-0.2, 0) is 4.74 Å². The molecular weight excluding hydrogens is 260 g/mol. The third kappa shape index (κ3) is 3.96. The lowest BCUT2D eigenvalue weighted by atomic mass is 10.1. The van der Waals surface area contributed by atoms with Crippen molar-refractivity contribution in [1.82, 2.24) is 5.32 Å². The minimum absolute atomic E-state index is 0.0456. The molecule has 1 aromatic rings. The van der Waals surface area contributed by atoms with Gasteiger partial charge in [0.1, 0.15) is 0 Å². The van der Waals surface area contributed by atoms with E-state index < -0.39 is 12.0 Å². The van der Waals surface area contributed by atoms with Crippen molar-refractivity contribution in [2.24, 2.45) is 0 Å². The van der Waals surface area contributed by atoms with Crippen molar-refractivity contribution in [3.8, 4) is 0 Å². The van der Waals surface area contributed by atoms with E-state index in [0.29, 0.717) is 6.54 Å². The van der Waals surface area contributed by atoms with E-state index in [1.807, 2.05) is 0 Å². The van der Waals surface area contributed by atoms with Crippen molar-refractivity contribution in [3.63, 3.8) is 0 Å². The molecule has 3 N–H and O–H groups in total. The SMILES string of the molecule is O=C(NCC1CCCCO1)Nc1ccccc1C(=O)O. The number of aromatic carboxylic acids is 1. The summed E-state index contributed by atoms with van der Waals surface area (Å²) < 4.78 is 5.50. The van der Waals surface area contributed by atoms with E-state index in [9.17, 15) is 9.59 Å². The minimum Gasteiger partial charge on any atom is -0.478 e. The third-order valence-corrected chi connectivity index (χ3v) is 3.17. The van der Waals surface area contributed by atoms with Gasteiger partial charge in [-0.1, -0.05) is 12.1 Å². The molecule has 2 rings (SSSR count). The minimum atomic E-state index is -1.07. The van der Waals surface area contributed by atoms with Crippen molar-refractivity contribution in [3.05, 3.63) is 29.8 Å². The maximum Gasteiger partial charge on any atom is 0.337 e. The lowest BCUT2D eigenvalue weighted by Crippen LogP contribution is -2.38. The van der Waals surface area contributed by atoms with E-state index in [-0.39, 0.29) is 17.4 Å². The second-order valence-corrected chi connectivity index (χ2v) is 4.67. The van der Waals surface area contributed by atoms with Crippen LogP contribution in [0.25, 0.3) is 0 Å². The van der Waals surface area contributed by atoms with Gasteiger partial charge in [0.2, 0.25) is 0 Å². The Labute approximate surface area is 117 Å². The number of amides is 2. The molecule has 6 heteroatoms. The van der Waals surface area contributed by atoms with Gasteiger partial charge in [-0.2, -0.15) is 0 Å². The van der Waals surface area contributed by atoms with Crippen molar-refractivity contribution >= 4 is 17.7 Å². The van der Waals surface area contributed by atoms with Crippen LogP contribution >= 0.6 is 0 Å². The van der Waals surface area contributed by atoms with Gasteiger partial charge in [-0.3, -0.25) is 0 Å². The third-order valence-electron chi connectivity index (χ3n) is 3.17. The highest BCUT2D eigenvalue weighted by atomic mass is 16.5. The zero-order valence-corrected chi connectivity index (χ0v) is 11.1. The smallest absolute Gasteiger partial charge is 0.337 e. The Kier molecular flexibility index (Phi) is 4.95. The molecule has 2 amide bonds.